The van der Waals surface area contributed by atoms with E-state index in [1.807, 2.05) is 6.92 Å². The van der Waals surface area contributed by atoms with Gasteiger partial charge in [-0.3, -0.25) is 0 Å². The van der Waals surface area contributed by atoms with E-state index in [9.17, 15) is 0 Å². The predicted molar refractivity (Wildman–Crippen MR) is 64.7 cm³/mol. The Labute approximate surface area is 94.4 Å². The van der Waals surface area contributed by atoms with Gasteiger partial charge in [0.25, 0.3) is 0 Å². The number of rotatable bonds is 3. The van der Waals surface area contributed by atoms with Crippen molar-refractivity contribution in [3.8, 4) is 0 Å². The SMILES string of the molecule is CCc1nc2c(N)nc(N)nc2n1OCP. The molecule has 86 valence electrons. The lowest BCUT2D eigenvalue weighted by Gasteiger charge is -2.06. The predicted octanol–water partition coefficient (Wildman–Crippen LogP) is -0.186. The maximum atomic E-state index is 5.72. The zero-order valence-electron chi connectivity index (χ0n) is 8.84. The van der Waals surface area contributed by atoms with Crippen molar-refractivity contribution in [2.75, 3.05) is 17.8 Å². The molecule has 0 bridgehead atoms. The average molecular weight is 240 g/mol. The minimum atomic E-state index is 0.112. The lowest BCUT2D eigenvalue weighted by Crippen LogP contribution is -2.13. The molecule has 0 aliphatic carbocycles. The summed E-state index contributed by atoms with van der Waals surface area (Å²) in [5, 5.41) is 0. The van der Waals surface area contributed by atoms with Gasteiger partial charge in [0, 0.05) is 6.42 Å². The molecule has 0 aromatic carbocycles. The normalized spacial score (nSPS) is 10.9. The standard InChI is InChI=1S/C8H13N6OP/c1-2-4-11-5-6(9)12-8(10)13-7(5)14(4)15-3-16/h2-3,16H2,1H3,(H4,9,10,12,13). The van der Waals surface area contributed by atoms with Gasteiger partial charge in [-0.1, -0.05) is 16.2 Å². The van der Waals surface area contributed by atoms with Crippen molar-refractivity contribution in [2.45, 2.75) is 13.3 Å². The number of nitrogen functional groups attached to an aromatic ring is 2. The summed E-state index contributed by atoms with van der Waals surface area (Å²) < 4.78 is 1.54. The maximum Gasteiger partial charge on any atom is 0.224 e. The third-order valence-corrected chi connectivity index (χ3v) is 2.25. The zero-order valence-corrected chi connectivity index (χ0v) is 10.00. The Morgan fingerprint density at radius 3 is 2.69 bits per heavy atom. The summed E-state index contributed by atoms with van der Waals surface area (Å²) in [6, 6.07) is 0. The second kappa shape index (κ2) is 4.09. The molecule has 2 heterocycles. The molecule has 1 unspecified atom stereocenters. The van der Waals surface area contributed by atoms with E-state index in [1.54, 1.807) is 0 Å². The fourth-order valence-electron chi connectivity index (χ4n) is 1.46. The fourth-order valence-corrected chi connectivity index (χ4v) is 1.60. The molecule has 7 nitrogen and oxygen atoms in total. The molecule has 0 amide bonds. The smallest absolute Gasteiger partial charge is 0.224 e. The van der Waals surface area contributed by atoms with Crippen LogP contribution in [-0.2, 0) is 6.42 Å². The van der Waals surface area contributed by atoms with Gasteiger partial charge in [-0.15, -0.1) is 4.73 Å². The molecule has 1 atom stereocenters. The number of imidazole rings is 1. The molecule has 0 spiro atoms. The van der Waals surface area contributed by atoms with Gasteiger partial charge < -0.3 is 16.3 Å². The summed E-state index contributed by atoms with van der Waals surface area (Å²) >= 11 is 0. The van der Waals surface area contributed by atoms with Crippen LogP contribution in [0.4, 0.5) is 11.8 Å². The lowest BCUT2D eigenvalue weighted by molar-refractivity contribution is 0.153. The van der Waals surface area contributed by atoms with E-state index in [2.05, 4.69) is 24.2 Å². The van der Waals surface area contributed by atoms with Gasteiger partial charge >= 0.3 is 0 Å². The molecule has 0 radical (unpaired) electrons. The van der Waals surface area contributed by atoms with Gasteiger partial charge in [-0.2, -0.15) is 9.97 Å². The van der Waals surface area contributed by atoms with Crippen LogP contribution in [0.25, 0.3) is 11.2 Å². The molecule has 8 heteroatoms. The van der Waals surface area contributed by atoms with Gasteiger partial charge in [0.15, 0.2) is 11.3 Å². The Morgan fingerprint density at radius 2 is 2.06 bits per heavy atom. The highest BCUT2D eigenvalue weighted by Crippen LogP contribution is 2.19. The van der Waals surface area contributed by atoms with E-state index in [1.165, 1.54) is 4.73 Å². The number of aryl methyl sites for hydroxylation is 1. The summed E-state index contributed by atoms with van der Waals surface area (Å²) in [6.45, 7) is 1.97. The first kappa shape index (κ1) is 10.9. The zero-order chi connectivity index (χ0) is 11.7. The molecule has 0 aliphatic heterocycles. The van der Waals surface area contributed by atoms with Crippen molar-refractivity contribution >= 4 is 32.2 Å². The number of fused-ring (bicyclic) bond motifs is 1. The molecule has 0 saturated carbocycles. The quantitative estimate of drug-likeness (QED) is 0.721. The Kier molecular flexibility index (Phi) is 2.78. The number of nitrogens with zero attached hydrogens (tertiary/aromatic N) is 4. The van der Waals surface area contributed by atoms with E-state index >= 15 is 0 Å². The summed E-state index contributed by atoms with van der Waals surface area (Å²) in [6.07, 6.45) is 1.14. The van der Waals surface area contributed by atoms with Gasteiger partial charge in [0.1, 0.15) is 12.2 Å². The third kappa shape index (κ3) is 1.63. The van der Waals surface area contributed by atoms with Crippen LogP contribution < -0.4 is 16.3 Å². The van der Waals surface area contributed by atoms with Crippen molar-refractivity contribution in [3.63, 3.8) is 0 Å². The Bertz CT molecular complexity index is 525. The monoisotopic (exact) mass is 240 g/mol. The first-order valence-electron chi connectivity index (χ1n) is 4.81. The number of hydrogen-bond acceptors (Lipinski definition) is 6. The first-order chi connectivity index (χ1) is 7.67. The van der Waals surface area contributed by atoms with Crippen LogP contribution in [0.3, 0.4) is 0 Å². The van der Waals surface area contributed by atoms with Gasteiger partial charge in [-0.25, -0.2) is 4.98 Å². The number of hydrogen-bond donors (Lipinski definition) is 2. The maximum absolute atomic E-state index is 5.72. The van der Waals surface area contributed by atoms with Gasteiger partial charge in [0.05, 0.1) is 0 Å². The van der Waals surface area contributed by atoms with Crippen LogP contribution >= 0.6 is 9.24 Å². The van der Waals surface area contributed by atoms with Crippen molar-refractivity contribution in [3.05, 3.63) is 5.82 Å². The van der Waals surface area contributed by atoms with Gasteiger partial charge in [0.2, 0.25) is 11.6 Å². The Balaban J connectivity index is 2.73. The Morgan fingerprint density at radius 1 is 1.31 bits per heavy atom. The summed E-state index contributed by atoms with van der Waals surface area (Å²) in [7, 11) is 2.46. The number of aromatic nitrogens is 4. The molecular weight excluding hydrogens is 227 g/mol. The minimum Gasteiger partial charge on any atom is -0.407 e. The number of anilines is 2. The summed E-state index contributed by atoms with van der Waals surface area (Å²) in [5.74, 6) is 1.12. The highest BCUT2D eigenvalue weighted by molar-refractivity contribution is 7.16. The lowest BCUT2D eigenvalue weighted by atomic mass is 10.5. The largest absolute Gasteiger partial charge is 0.407 e. The highest BCUT2D eigenvalue weighted by atomic mass is 31.0. The molecule has 2 aromatic rings. The van der Waals surface area contributed by atoms with Crippen LogP contribution in [0, 0.1) is 0 Å². The van der Waals surface area contributed by atoms with Crippen LogP contribution in [0.5, 0.6) is 0 Å². The van der Waals surface area contributed by atoms with Crippen molar-refractivity contribution in [1.29, 1.82) is 0 Å². The molecule has 0 saturated heterocycles. The Hall–Kier alpha value is -1.62. The van der Waals surface area contributed by atoms with Crippen molar-refractivity contribution in [2.24, 2.45) is 0 Å². The van der Waals surface area contributed by atoms with E-state index in [0.29, 0.717) is 23.9 Å². The summed E-state index contributed by atoms with van der Waals surface area (Å²) in [5.41, 5.74) is 12.3. The van der Waals surface area contributed by atoms with Crippen molar-refractivity contribution in [1.82, 2.24) is 19.7 Å². The van der Waals surface area contributed by atoms with Crippen LogP contribution in [0.1, 0.15) is 12.7 Å². The highest BCUT2D eigenvalue weighted by Gasteiger charge is 2.15. The summed E-state index contributed by atoms with van der Waals surface area (Å²) in [4.78, 5) is 17.7. The van der Waals surface area contributed by atoms with E-state index in [0.717, 1.165) is 5.82 Å². The molecule has 0 fully saturated rings. The van der Waals surface area contributed by atoms with Crippen LogP contribution in [-0.4, -0.2) is 26.0 Å². The van der Waals surface area contributed by atoms with E-state index in [-0.39, 0.29) is 11.8 Å². The van der Waals surface area contributed by atoms with Crippen LogP contribution in [0.2, 0.25) is 0 Å². The van der Waals surface area contributed by atoms with Crippen LogP contribution in [0.15, 0.2) is 0 Å². The average Bonchev–Trinajstić information content (AvgIpc) is 2.58. The van der Waals surface area contributed by atoms with Gasteiger partial charge in [-0.05, 0) is 0 Å². The van der Waals surface area contributed by atoms with E-state index < -0.39 is 0 Å². The molecule has 0 aliphatic rings. The second-order valence-electron chi connectivity index (χ2n) is 3.11. The topological polar surface area (TPSA) is 105 Å². The minimum absolute atomic E-state index is 0.112. The molecular formula is C8H13N6OP. The van der Waals surface area contributed by atoms with E-state index in [4.69, 9.17) is 16.3 Å². The molecule has 2 rings (SSSR count). The fraction of sp³-hybridized carbons (Fsp3) is 0.375. The molecule has 16 heavy (non-hydrogen) atoms. The number of nitrogens with two attached hydrogens (primary N) is 2. The second-order valence-corrected chi connectivity index (χ2v) is 3.44. The third-order valence-electron chi connectivity index (χ3n) is 2.10. The first-order valence-corrected chi connectivity index (χ1v) is 5.62. The van der Waals surface area contributed by atoms with Crippen molar-refractivity contribution < 1.29 is 4.84 Å². The molecule has 2 aromatic heterocycles. The molecule has 4 N–H and O–H groups in total.